The van der Waals surface area contributed by atoms with E-state index in [4.69, 9.17) is 0 Å². The molecule has 0 radical (unpaired) electrons. The van der Waals surface area contributed by atoms with E-state index in [0.29, 0.717) is 0 Å². The zero-order valence-corrected chi connectivity index (χ0v) is 6.63. The molecule has 0 spiro atoms. The van der Waals surface area contributed by atoms with E-state index < -0.39 is 0 Å². The molecule has 0 atom stereocenters. The summed E-state index contributed by atoms with van der Waals surface area (Å²) in [5, 5.41) is 0.000000000000000222. The van der Waals surface area contributed by atoms with Crippen LogP contribution in [0.25, 0.3) is 0 Å². The molecule has 6 heavy (non-hydrogen) atoms. The molecule has 0 saturated carbocycles. The molecule has 0 aromatic rings. The van der Waals surface area contributed by atoms with E-state index in [-0.39, 0.29) is 5.11 Å². The van der Waals surface area contributed by atoms with Crippen molar-refractivity contribution in [3.05, 3.63) is 0 Å². The van der Waals surface area contributed by atoms with Crippen LogP contribution in [0.1, 0.15) is 0 Å². The molecule has 42 valence electrons. The van der Waals surface area contributed by atoms with Crippen molar-refractivity contribution >= 4 is 30.4 Å². The van der Waals surface area contributed by atoms with Gasteiger partial charge in [-0.1, -0.05) is 0 Å². The first-order valence-corrected chi connectivity index (χ1v) is 4.69. The molecule has 0 fully saturated rings. The molecule has 0 heterocycles. The maximum atomic E-state index is 4.62. The molecule has 0 bridgehead atoms. The summed E-state index contributed by atoms with van der Waals surface area (Å²) in [7, 11) is 0. The predicted octanol–water partition coefficient (Wildman–Crippen LogP) is 0.0318. The Morgan fingerprint density at radius 2 is 1.50 bits per heavy atom. The van der Waals surface area contributed by atoms with Gasteiger partial charge in [0, 0.05) is 0 Å². The molecule has 2 nitrogen and oxygen atoms in total. The summed E-state index contributed by atoms with van der Waals surface area (Å²) in [5.74, 6) is 0. The minimum absolute atomic E-state index is 0.000000000000000222. The van der Waals surface area contributed by atoms with Gasteiger partial charge in [-0.3, -0.25) is 0 Å². The average Bonchev–Trinajstić information content (AvgIpc) is 1.41. The molecule has 0 aromatic heterocycles. The first-order chi connectivity index (χ1) is 2.73. The van der Waals surface area contributed by atoms with E-state index in [1.165, 1.54) is 0 Å². The third kappa shape index (κ3) is 90.6. The molecular formula is CH4AgBrN2S. The predicted molar refractivity (Wildman–Crippen MR) is 29.9 cm³/mol. The van der Waals surface area contributed by atoms with Crippen molar-refractivity contribution in [1.82, 2.24) is 0 Å². The molecule has 0 aliphatic rings. The summed E-state index contributed by atoms with van der Waals surface area (Å²) < 4.78 is 0. The van der Waals surface area contributed by atoms with E-state index in [9.17, 15) is 0 Å². The molecule has 4 N–H and O–H groups in total. The van der Waals surface area contributed by atoms with Crippen LogP contribution in [0.2, 0.25) is 0 Å². The fourth-order valence-electron chi connectivity index (χ4n) is 0. The van der Waals surface area contributed by atoms with Gasteiger partial charge in [0.1, 0.15) is 0 Å². The van der Waals surface area contributed by atoms with Crippen molar-refractivity contribution in [3.63, 3.8) is 0 Å². The molecule has 0 aliphatic carbocycles. The fourth-order valence-corrected chi connectivity index (χ4v) is 0. The Morgan fingerprint density at radius 1 is 1.50 bits per heavy atom. The summed E-state index contributed by atoms with van der Waals surface area (Å²) in [6.07, 6.45) is 0. The van der Waals surface area contributed by atoms with Crippen molar-refractivity contribution in [2.45, 2.75) is 0 Å². The third-order valence-corrected chi connectivity index (χ3v) is 0. The Bertz CT molecular complexity index is 36.5. The van der Waals surface area contributed by atoms with Crippen LogP contribution in [-0.4, -0.2) is 5.11 Å². The van der Waals surface area contributed by atoms with E-state index >= 15 is 0 Å². The normalized spacial score (nSPS) is 5.17. The number of hydrogen-bond donors (Lipinski definition) is 2. The van der Waals surface area contributed by atoms with Gasteiger partial charge >= 0.3 is 32.0 Å². The zero-order valence-electron chi connectivity index (χ0n) is 2.74. The van der Waals surface area contributed by atoms with Gasteiger partial charge in [-0.2, -0.15) is 0 Å². The van der Waals surface area contributed by atoms with E-state index in [1.54, 1.807) is 0 Å². The first-order valence-electron chi connectivity index (χ1n) is 0.895. The number of rotatable bonds is 0. The maximum absolute atomic E-state index is 4.62. The van der Waals surface area contributed by atoms with Crippen molar-refractivity contribution < 1.29 is 18.9 Å². The van der Waals surface area contributed by atoms with Gasteiger partial charge in [0.15, 0.2) is 5.11 Å². The van der Waals surface area contributed by atoms with Crippen molar-refractivity contribution in [1.29, 1.82) is 0 Å². The Morgan fingerprint density at radius 3 is 1.50 bits per heavy atom. The molecule has 5 heteroatoms. The standard InChI is InChI=1S/CH4N2S.Ag.BrH/c2-1(3)4;;/h(H4,2,3,4);;1H/q;+1;/p-1. The van der Waals surface area contributed by atoms with E-state index in [1.807, 2.05) is 0 Å². The zero-order chi connectivity index (χ0) is 5.58. The number of nitrogens with two attached hydrogens (primary N) is 2. The molecular weight excluding hydrogens is 260 g/mol. The summed E-state index contributed by atoms with van der Waals surface area (Å²) >= 11 is 9.60. The quantitative estimate of drug-likeness (QED) is 0.479. The van der Waals surface area contributed by atoms with Gasteiger partial charge < -0.3 is 11.5 Å². The van der Waals surface area contributed by atoms with E-state index in [2.05, 4.69) is 55.6 Å². The van der Waals surface area contributed by atoms with Crippen LogP contribution < -0.4 is 11.5 Å². The van der Waals surface area contributed by atoms with Gasteiger partial charge in [0.05, 0.1) is 0 Å². The molecule has 0 rings (SSSR count). The van der Waals surface area contributed by atoms with Crippen LogP contribution in [0.3, 0.4) is 0 Å². The molecule has 0 aliphatic heterocycles. The number of halogens is 1. The topological polar surface area (TPSA) is 52.0 Å². The second-order valence-corrected chi connectivity index (χ2v) is 0.874. The summed E-state index contributed by atoms with van der Waals surface area (Å²) in [6, 6.07) is 0. The first kappa shape index (κ1) is 10.0. The van der Waals surface area contributed by atoms with Crippen LogP contribution in [-0.2, 0) is 18.9 Å². The fraction of sp³-hybridized carbons (Fsp3) is 0. The average molecular weight is 264 g/mol. The Hall–Kier alpha value is 0.910. The number of thiocarbonyl (C=S) groups is 1. The minimum atomic E-state index is 0.000000000000000222. The van der Waals surface area contributed by atoms with Crippen LogP contribution in [0.15, 0.2) is 0 Å². The van der Waals surface area contributed by atoms with Gasteiger partial charge in [0.25, 0.3) is 0 Å². The Balaban J connectivity index is 0. The van der Waals surface area contributed by atoms with Crippen LogP contribution in [0, 0.1) is 0 Å². The third-order valence-electron chi connectivity index (χ3n) is 0. The van der Waals surface area contributed by atoms with Crippen LogP contribution in [0.5, 0.6) is 0 Å². The van der Waals surface area contributed by atoms with Gasteiger partial charge in [0.2, 0.25) is 0 Å². The molecule has 0 amide bonds. The Labute approximate surface area is 60.5 Å². The second kappa shape index (κ2) is 9.32. The van der Waals surface area contributed by atoms with Gasteiger partial charge in [-0.25, -0.2) is 0 Å². The van der Waals surface area contributed by atoms with Crippen LogP contribution >= 0.6 is 25.2 Å². The molecule has 0 aromatic carbocycles. The monoisotopic (exact) mass is 262 g/mol. The molecule has 0 unspecified atom stereocenters. The van der Waals surface area contributed by atoms with Gasteiger partial charge in [-0.15, -0.1) is 0 Å². The number of hydrogen-bond acceptors (Lipinski definition) is 1. The van der Waals surface area contributed by atoms with Crippen LogP contribution in [0.4, 0.5) is 0 Å². The van der Waals surface area contributed by atoms with E-state index in [0.717, 1.165) is 0 Å². The summed E-state index contributed by atoms with van der Waals surface area (Å²) in [5.41, 5.74) is 9.24. The van der Waals surface area contributed by atoms with Gasteiger partial charge in [-0.05, 0) is 12.2 Å². The summed E-state index contributed by atoms with van der Waals surface area (Å²) in [4.78, 5) is 0. The van der Waals surface area contributed by atoms with Crippen molar-refractivity contribution in [2.75, 3.05) is 0 Å². The second-order valence-electron chi connectivity index (χ2n) is 0.402. The SMILES string of the molecule is NC(N)=S.[Br][Ag]. The summed E-state index contributed by atoms with van der Waals surface area (Å²) in [6.45, 7) is 0. The molecule has 0 saturated heterocycles. The van der Waals surface area contributed by atoms with Crippen molar-refractivity contribution in [2.24, 2.45) is 11.5 Å². The Kier molecular flexibility index (Phi) is 15.6. The van der Waals surface area contributed by atoms with Crippen molar-refractivity contribution in [3.8, 4) is 0 Å².